The summed E-state index contributed by atoms with van der Waals surface area (Å²) < 4.78 is 8.28. The third-order valence-electron chi connectivity index (χ3n) is 5.22. The zero-order chi connectivity index (χ0) is 17.4. The summed E-state index contributed by atoms with van der Waals surface area (Å²) in [6, 6.07) is 6.28. The van der Waals surface area contributed by atoms with E-state index in [4.69, 9.17) is 4.42 Å². The molecule has 5 heteroatoms. The predicted molar refractivity (Wildman–Crippen MR) is 98.6 cm³/mol. The van der Waals surface area contributed by atoms with Crippen molar-refractivity contribution in [2.75, 3.05) is 19.6 Å². The number of aromatic nitrogens is 2. The van der Waals surface area contributed by atoms with Crippen LogP contribution in [0, 0.1) is 13.8 Å². The van der Waals surface area contributed by atoms with E-state index in [1.807, 2.05) is 18.5 Å². The van der Waals surface area contributed by atoms with Gasteiger partial charge in [-0.15, -0.1) is 0 Å². The highest BCUT2D eigenvalue weighted by Crippen LogP contribution is 2.32. The fourth-order valence-electron chi connectivity index (χ4n) is 3.64. The normalized spacial score (nSPS) is 16.8. The van der Waals surface area contributed by atoms with E-state index in [2.05, 4.69) is 40.4 Å². The number of aryl methyl sites for hydroxylation is 2. The van der Waals surface area contributed by atoms with Crippen LogP contribution >= 0.6 is 0 Å². The van der Waals surface area contributed by atoms with Gasteiger partial charge in [0.15, 0.2) is 11.6 Å². The molecule has 1 saturated heterocycles. The Morgan fingerprint density at radius 1 is 1.20 bits per heavy atom. The highest BCUT2D eigenvalue weighted by Gasteiger charge is 2.19. The Bertz CT molecular complexity index is 872. The molecule has 4 rings (SSSR count). The second kappa shape index (κ2) is 6.65. The van der Waals surface area contributed by atoms with Crippen LogP contribution in [0.1, 0.15) is 24.0 Å². The second-order valence-electron chi connectivity index (χ2n) is 7.07. The van der Waals surface area contributed by atoms with Crippen molar-refractivity contribution in [2.24, 2.45) is 0 Å². The van der Waals surface area contributed by atoms with E-state index in [-0.39, 0.29) is 6.10 Å². The number of piperidine rings is 1. The average molecular weight is 339 g/mol. The molecule has 3 heterocycles. The van der Waals surface area contributed by atoms with E-state index in [9.17, 15) is 5.11 Å². The topological polar surface area (TPSA) is 54.4 Å². The van der Waals surface area contributed by atoms with Gasteiger partial charge in [-0.3, -0.25) is 0 Å². The van der Waals surface area contributed by atoms with Crippen LogP contribution in [-0.2, 0) is 6.54 Å². The molecule has 0 spiro atoms. The van der Waals surface area contributed by atoms with E-state index in [1.54, 1.807) is 0 Å². The van der Waals surface area contributed by atoms with Crippen molar-refractivity contribution in [2.45, 2.75) is 39.3 Å². The monoisotopic (exact) mass is 339 g/mol. The minimum absolute atomic E-state index is 0.123. The third kappa shape index (κ3) is 3.22. The molecule has 1 aliphatic heterocycles. The van der Waals surface area contributed by atoms with E-state index in [0.717, 1.165) is 67.1 Å². The molecular formula is C20H25N3O2. The Morgan fingerprint density at radius 2 is 2.00 bits per heavy atom. The molecule has 132 valence electrons. The van der Waals surface area contributed by atoms with Crippen LogP contribution in [0.2, 0.25) is 0 Å². The summed E-state index contributed by atoms with van der Waals surface area (Å²) in [5, 5.41) is 10.8. The van der Waals surface area contributed by atoms with Crippen LogP contribution in [0.25, 0.3) is 22.6 Å². The molecule has 25 heavy (non-hydrogen) atoms. The molecule has 1 aromatic carbocycles. The number of rotatable bonds is 4. The van der Waals surface area contributed by atoms with Gasteiger partial charge in [0.05, 0.1) is 6.10 Å². The van der Waals surface area contributed by atoms with Crippen LogP contribution in [0.5, 0.6) is 0 Å². The molecule has 0 atom stereocenters. The first-order valence-corrected chi connectivity index (χ1v) is 9.03. The molecule has 1 aliphatic rings. The first-order chi connectivity index (χ1) is 12.1. The fraction of sp³-hybridized carbons (Fsp3) is 0.450. The summed E-state index contributed by atoms with van der Waals surface area (Å²) in [4.78, 5) is 6.96. The summed E-state index contributed by atoms with van der Waals surface area (Å²) >= 11 is 0. The van der Waals surface area contributed by atoms with Gasteiger partial charge in [0.25, 0.3) is 0 Å². The molecule has 0 saturated carbocycles. The van der Waals surface area contributed by atoms with Gasteiger partial charge < -0.3 is 19.0 Å². The van der Waals surface area contributed by atoms with Gasteiger partial charge in [-0.05, 0) is 38.8 Å². The number of imidazole rings is 1. The number of nitrogens with zero attached hydrogens (tertiary/aromatic N) is 3. The lowest BCUT2D eigenvalue weighted by molar-refractivity contribution is 0.0810. The highest BCUT2D eigenvalue weighted by atomic mass is 16.3. The second-order valence-corrected chi connectivity index (χ2v) is 7.07. The minimum Gasteiger partial charge on any atom is -0.453 e. The van der Waals surface area contributed by atoms with Gasteiger partial charge in [0.1, 0.15) is 5.58 Å². The average Bonchev–Trinajstić information content (AvgIpc) is 3.19. The zero-order valence-electron chi connectivity index (χ0n) is 14.9. The molecule has 0 aliphatic carbocycles. The number of likely N-dealkylation sites (tertiary alicyclic amines) is 1. The molecule has 2 aromatic heterocycles. The van der Waals surface area contributed by atoms with Crippen molar-refractivity contribution in [3.05, 3.63) is 41.7 Å². The zero-order valence-corrected chi connectivity index (χ0v) is 14.9. The summed E-state index contributed by atoms with van der Waals surface area (Å²) in [6.07, 6.45) is 5.48. The number of benzene rings is 1. The van der Waals surface area contributed by atoms with Crippen molar-refractivity contribution >= 4 is 11.0 Å². The van der Waals surface area contributed by atoms with Gasteiger partial charge in [-0.2, -0.15) is 0 Å². The van der Waals surface area contributed by atoms with E-state index < -0.39 is 0 Å². The molecule has 0 radical (unpaired) electrons. The van der Waals surface area contributed by atoms with Crippen LogP contribution in [-0.4, -0.2) is 45.3 Å². The van der Waals surface area contributed by atoms with Gasteiger partial charge in [-0.1, -0.05) is 11.6 Å². The Morgan fingerprint density at radius 3 is 2.80 bits per heavy atom. The van der Waals surface area contributed by atoms with Crippen molar-refractivity contribution in [1.29, 1.82) is 0 Å². The number of hydrogen-bond donors (Lipinski definition) is 1. The largest absolute Gasteiger partial charge is 0.453 e. The van der Waals surface area contributed by atoms with Gasteiger partial charge in [-0.25, -0.2) is 4.98 Å². The van der Waals surface area contributed by atoms with Crippen molar-refractivity contribution in [3.63, 3.8) is 0 Å². The van der Waals surface area contributed by atoms with E-state index in [1.165, 1.54) is 5.56 Å². The standard InChI is InChI=1S/C20H25N3O2/c1-14-3-4-18-17(13-14)15(2)19(25-18)20-21-7-10-23(20)12-11-22-8-5-16(24)6-9-22/h3-4,7,10,13,16,24H,5-6,8-9,11-12H2,1-2H3. The van der Waals surface area contributed by atoms with Gasteiger partial charge >= 0.3 is 0 Å². The summed E-state index contributed by atoms with van der Waals surface area (Å²) in [7, 11) is 0. The lowest BCUT2D eigenvalue weighted by Gasteiger charge is -2.29. The summed E-state index contributed by atoms with van der Waals surface area (Å²) in [6.45, 7) is 7.98. The smallest absolute Gasteiger partial charge is 0.176 e. The number of aliphatic hydroxyl groups excluding tert-OH is 1. The van der Waals surface area contributed by atoms with Crippen molar-refractivity contribution in [1.82, 2.24) is 14.5 Å². The molecule has 3 aromatic rings. The lowest BCUT2D eigenvalue weighted by Crippen LogP contribution is -2.37. The maximum Gasteiger partial charge on any atom is 0.176 e. The number of furan rings is 1. The first-order valence-electron chi connectivity index (χ1n) is 9.03. The summed E-state index contributed by atoms with van der Waals surface area (Å²) in [5.41, 5.74) is 3.29. The predicted octanol–water partition coefficient (Wildman–Crippen LogP) is 3.37. The Balaban J connectivity index is 1.56. The molecular weight excluding hydrogens is 314 g/mol. The molecule has 0 amide bonds. The Kier molecular flexibility index (Phi) is 4.36. The molecule has 0 bridgehead atoms. The van der Waals surface area contributed by atoms with Crippen LogP contribution < -0.4 is 0 Å². The maximum absolute atomic E-state index is 9.64. The van der Waals surface area contributed by atoms with Crippen molar-refractivity contribution in [3.8, 4) is 11.6 Å². The molecule has 1 fully saturated rings. The number of fused-ring (bicyclic) bond motifs is 1. The minimum atomic E-state index is -0.123. The fourth-order valence-corrected chi connectivity index (χ4v) is 3.64. The summed E-state index contributed by atoms with van der Waals surface area (Å²) in [5.74, 6) is 1.75. The molecule has 1 N–H and O–H groups in total. The Labute approximate surface area is 147 Å². The van der Waals surface area contributed by atoms with Crippen molar-refractivity contribution < 1.29 is 9.52 Å². The molecule has 0 unspecified atom stereocenters. The quantitative estimate of drug-likeness (QED) is 0.792. The molecule has 5 nitrogen and oxygen atoms in total. The third-order valence-corrected chi connectivity index (χ3v) is 5.22. The van der Waals surface area contributed by atoms with E-state index >= 15 is 0 Å². The van der Waals surface area contributed by atoms with Crippen LogP contribution in [0.3, 0.4) is 0 Å². The van der Waals surface area contributed by atoms with Crippen LogP contribution in [0.15, 0.2) is 35.0 Å². The maximum atomic E-state index is 9.64. The van der Waals surface area contributed by atoms with Crippen LogP contribution in [0.4, 0.5) is 0 Å². The number of aliphatic hydroxyl groups is 1. The highest BCUT2D eigenvalue weighted by molar-refractivity contribution is 5.87. The SMILES string of the molecule is Cc1ccc2oc(-c3nccn3CCN3CCC(O)CC3)c(C)c2c1. The van der Waals surface area contributed by atoms with Gasteiger partial charge in [0.2, 0.25) is 0 Å². The lowest BCUT2D eigenvalue weighted by atomic mass is 10.1. The Hall–Kier alpha value is -2.11. The number of hydrogen-bond acceptors (Lipinski definition) is 4. The van der Waals surface area contributed by atoms with E-state index in [0.29, 0.717) is 0 Å². The first kappa shape index (κ1) is 16.4. The van der Waals surface area contributed by atoms with Gasteiger partial charge in [0, 0.05) is 49.5 Å².